The van der Waals surface area contributed by atoms with Crippen LogP contribution in [0.3, 0.4) is 0 Å². The maximum Gasteiger partial charge on any atom is 0.137 e. The molecule has 0 aliphatic rings. The molecular weight excluding hydrogens is 377 g/mol. The van der Waals surface area contributed by atoms with Gasteiger partial charge in [-0.1, -0.05) is 6.07 Å². The largest absolute Gasteiger partial charge is 0.308 e. The van der Waals surface area contributed by atoms with Gasteiger partial charge in [-0.05, 0) is 63.5 Å². The predicted octanol–water partition coefficient (Wildman–Crippen LogP) is 3.88. The lowest BCUT2D eigenvalue weighted by molar-refractivity contribution is 0.556. The highest BCUT2D eigenvalue weighted by Gasteiger charge is 2.20. The van der Waals surface area contributed by atoms with E-state index in [-0.39, 0.29) is 11.9 Å². The maximum absolute atomic E-state index is 13.7. The Bertz CT molecular complexity index is 583. The number of halogens is 3. The Kier molecular flexibility index (Phi) is 4.76. The van der Waals surface area contributed by atoms with Gasteiger partial charge in [0.2, 0.25) is 0 Å². The Hall–Kier alpha value is -0.720. The Balaban J connectivity index is 2.49. The summed E-state index contributed by atoms with van der Waals surface area (Å²) in [6.45, 7) is 2.79. The molecule has 0 amide bonds. The average Bonchev–Trinajstić information content (AvgIpc) is 2.76. The van der Waals surface area contributed by atoms with Gasteiger partial charge in [0.05, 0.1) is 26.9 Å². The molecule has 0 spiro atoms. The summed E-state index contributed by atoms with van der Waals surface area (Å²) in [6, 6.07) is 5.04. The predicted molar refractivity (Wildman–Crippen MR) is 80.6 cm³/mol. The van der Waals surface area contributed by atoms with Crippen LogP contribution in [0.25, 0.3) is 0 Å². The number of hydrogen-bond acceptors (Lipinski definition) is 2. The highest BCUT2D eigenvalue weighted by atomic mass is 79.9. The molecule has 102 valence electrons. The van der Waals surface area contributed by atoms with Crippen molar-refractivity contribution < 1.29 is 4.39 Å². The molecule has 3 nitrogen and oxygen atoms in total. The van der Waals surface area contributed by atoms with Crippen molar-refractivity contribution in [2.24, 2.45) is 0 Å². The fourth-order valence-electron chi connectivity index (χ4n) is 2.06. The Morgan fingerprint density at radius 1 is 1.37 bits per heavy atom. The van der Waals surface area contributed by atoms with Gasteiger partial charge in [-0.2, -0.15) is 5.10 Å². The molecule has 0 bridgehead atoms. The highest BCUT2D eigenvalue weighted by molar-refractivity contribution is 9.10. The average molecular weight is 391 g/mol. The zero-order valence-electron chi connectivity index (χ0n) is 10.6. The molecule has 0 radical (unpaired) electrons. The smallest absolute Gasteiger partial charge is 0.137 e. The van der Waals surface area contributed by atoms with Gasteiger partial charge < -0.3 is 5.32 Å². The van der Waals surface area contributed by atoms with Crippen LogP contribution in [-0.4, -0.2) is 16.8 Å². The van der Waals surface area contributed by atoms with Gasteiger partial charge in [-0.15, -0.1) is 0 Å². The Morgan fingerprint density at radius 2 is 2.11 bits per heavy atom. The number of nitrogens with zero attached hydrogens (tertiary/aromatic N) is 2. The SMILES string of the molecule is CCn1ncc(Br)c1C(NC)c1ccc(Br)c(F)c1. The number of nitrogens with one attached hydrogen (secondary N) is 1. The first-order chi connectivity index (χ1) is 9.08. The number of hydrogen-bond donors (Lipinski definition) is 1. The fraction of sp³-hybridized carbons (Fsp3) is 0.308. The maximum atomic E-state index is 13.7. The topological polar surface area (TPSA) is 29.9 Å². The molecule has 0 saturated heterocycles. The van der Waals surface area contributed by atoms with Crippen molar-refractivity contribution in [1.29, 1.82) is 0 Å². The summed E-state index contributed by atoms with van der Waals surface area (Å²) in [5.41, 5.74) is 1.85. The zero-order valence-corrected chi connectivity index (χ0v) is 13.8. The minimum atomic E-state index is -0.267. The fourth-order valence-corrected chi connectivity index (χ4v) is 2.84. The van der Waals surface area contributed by atoms with Gasteiger partial charge in [0.1, 0.15) is 5.82 Å². The summed E-state index contributed by atoms with van der Waals surface area (Å²) < 4.78 is 17.0. The first-order valence-corrected chi connectivity index (χ1v) is 7.50. The summed E-state index contributed by atoms with van der Waals surface area (Å²) in [6.07, 6.45) is 1.76. The first kappa shape index (κ1) is 14.7. The summed E-state index contributed by atoms with van der Waals surface area (Å²) >= 11 is 6.67. The summed E-state index contributed by atoms with van der Waals surface area (Å²) in [7, 11) is 1.85. The van der Waals surface area contributed by atoms with Gasteiger partial charge in [-0.25, -0.2) is 4.39 Å². The Morgan fingerprint density at radius 3 is 2.68 bits per heavy atom. The quantitative estimate of drug-likeness (QED) is 0.858. The third-order valence-electron chi connectivity index (χ3n) is 2.97. The molecular formula is C13H14Br2FN3. The van der Waals surface area contributed by atoms with Crippen LogP contribution in [0.1, 0.15) is 24.2 Å². The molecule has 0 aliphatic heterocycles. The van der Waals surface area contributed by atoms with Crippen molar-refractivity contribution >= 4 is 31.9 Å². The van der Waals surface area contributed by atoms with Crippen molar-refractivity contribution in [2.75, 3.05) is 7.05 Å². The van der Waals surface area contributed by atoms with Crippen LogP contribution in [0.2, 0.25) is 0 Å². The minimum Gasteiger partial charge on any atom is -0.308 e. The van der Waals surface area contributed by atoms with Crippen LogP contribution in [0.4, 0.5) is 4.39 Å². The molecule has 2 rings (SSSR count). The molecule has 6 heteroatoms. The monoisotopic (exact) mass is 389 g/mol. The van der Waals surface area contributed by atoms with E-state index in [1.54, 1.807) is 12.3 Å². The zero-order chi connectivity index (χ0) is 14.0. The molecule has 1 N–H and O–H groups in total. The minimum absolute atomic E-state index is 0.112. The molecule has 1 aromatic heterocycles. The van der Waals surface area contributed by atoms with Crippen molar-refractivity contribution in [3.05, 3.63) is 50.4 Å². The van der Waals surface area contributed by atoms with Crippen molar-refractivity contribution in [2.45, 2.75) is 19.5 Å². The van der Waals surface area contributed by atoms with Gasteiger partial charge in [-0.3, -0.25) is 4.68 Å². The van der Waals surface area contributed by atoms with Crippen molar-refractivity contribution in [1.82, 2.24) is 15.1 Å². The first-order valence-electron chi connectivity index (χ1n) is 5.91. The number of aromatic nitrogens is 2. The highest BCUT2D eigenvalue weighted by Crippen LogP contribution is 2.30. The summed E-state index contributed by atoms with van der Waals surface area (Å²) in [5.74, 6) is -0.267. The van der Waals surface area contributed by atoms with Crippen LogP contribution in [0.15, 0.2) is 33.3 Å². The third kappa shape index (κ3) is 2.90. The number of benzene rings is 1. The second kappa shape index (κ2) is 6.15. The molecule has 1 unspecified atom stereocenters. The molecule has 19 heavy (non-hydrogen) atoms. The lowest BCUT2D eigenvalue weighted by Crippen LogP contribution is -2.22. The van der Waals surface area contributed by atoms with Crippen LogP contribution < -0.4 is 5.32 Å². The number of aryl methyl sites for hydroxylation is 1. The molecule has 0 fully saturated rings. The van der Waals surface area contributed by atoms with E-state index < -0.39 is 0 Å². The number of rotatable bonds is 4. The molecule has 0 saturated carbocycles. The van der Waals surface area contributed by atoms with Gasteiger partial charge in [0.25, 0.3) is 0 Å². The van der Waals surface area contributed by atoms with E-state index >= 15 is 0 Å². The van der Waals surface area contributed by atoms with E-state index in [0.29, 0.717) is 4.47 Å². The summed E-state index contributed by atoms with van der Waals surface area (Å²) in [5, 5.41) is 7.51. The standard InChI is InChI=1S/C13H14Br2FN3/c1-3-19-13(10(15)7-18-19)12(17-2)8-4-5-9(14)11(16)6-8/h4-7,12,17H,3H2,1-2H3. The van der Waals surface area contributed by atoms with Gasteiger partial charge >= 0.3 is 0 Å². The van der Waals surface area contributed by atoms with Crippen molar-refractivity contribution in [3.8, 4) is 0 Å². The van der Waals surface area contributed by atoms with E-state index in [0.717, 1.165) is 22.3 Å². The van der Waals surface area contributed by atoms with Crippen molar-refractivity contribution in [3.63, 3.8) is 0 Å². The van der Waals surface area contributed by atoms with E-state index in [1.165, 1.54) is 6.07 Å². The van der Waals surface area contributed by atoms with E-state index in [1.807, 2.05) is 24.7 Å². The molecule has 2 aromatic rings. The molecule has 0 aliphatic carbocycles. The third-order valence-corrected chi connectivity index (χ3v) is 4.23. The van der Waals surface area contributed by atoms with Crippen LogP contribution in [0.5, 0.6) is 0 Å². The normalized spacial score (nSPS) is 12.7. The van der Waals surface area contributed by atoms with Gasteiger partial charge in [0, 0.05) is 6.54 Å². The van der Waals surface area contributed by atoms with E-state index in [2.05, 4.69) is 42.3 Å². The van der Waals surface area contributed by atoms with Gasteiger partial charge in [0.15, 0.2) is 0 Å². The molecule has 1 aromatic carbocycles. The second-order valence-corrected chi connectivity index (χ2v) is 5.80. The molecule has 1 heterocycles. The van der Waals surface area contributed by atoms with Crippen LogP contribution in [0, 0.1) is 5.82 Å². The van der Waals surface area contributed by atoms with Crippen LogP contribution >= 0.6 is 31.9 Å². The summed E-state index contributed by atoms with van der Waals surface area (Å²) in [4.78, 5) is 0. The lowest BCUT2D eigenvalue weighted by Gasteiger charge is -2.19. The van der Waals surface area contributed by atoms with E-state index in [9.17, 15) is 4.39 Å². The Labute approximate surface area is 128 Å². The van der Waals surface area contributed by atoms with E-state index in [4.69, 9.17) is 0 Å². The molecule has 1 atom stereocenters. The lowest BCUT2D eigenvalue weighted by atomic mass is 10.0. The van der Waals surface area contributed by atoms with Crippen LogP contribution in [-0.2, 0) is 6.54 Å². The second-order valence-electron chi connectivity index (χ2n) is 4.09.